The fourth-order valence-electron chi connectivity index (χ4n) is 1.88. The van der Waals surface area contributed by atoms with E-state index in [1.54, 1.807) is 0 Å². The molecule has 1 fully saturated rings. The van der Waals surface area contributed by atoms with Crippen LogP contribution in [0.25, 0.3) is 0 Å². The Morgan fingerprint density at radius 3 is 2.33 bits per heavy atom. The van der Waals surface area contributed by atoms with E-state index in [1.807, 2.05) is 0 Å². The van der Waals surface area contributed by atoms with Crippen LogP contribution in [0.2, 0.25) is 5.02 Å². The van der Waals surface area contributed by atoms with E-state index >= 15 is 0 Å². The summed E-state index contributed by atoms with van der Waals surface area (Å²) in [7, 11) is -7.30. The van der Waals surface area contributed by atoms with Crippen LogP contribution in [0.1, 0.15) is 0 Å². The average molecular weight is 355 g/mol. The number of hydrogen-bond acceptors (Lipinski definition) is 6. The molecule has 2 rings (SSSR count). The van der Waals surface area contributed by atoms with Gasteiger partial charge in [0.2, 0.25) is 10.0 Å². The van der Waals surface area contributed by atoms with Crippen molar-refractivity contribution in [3.63, 3.8) is 0 Å². The van der Waals surface area contributed by atoms with Crippen LogP contribution in [-0.4, -0.2) is 50.7 Å². The highest BCUT2D eigenvalue weighted by molar-refractivity contribution is 7.92. The van der Waals surface area contributed by atoms with E-state index in [9.17, 15) is 26.9 Å². The first-order valence-electron chi connectivity index (χ1n) is 5.78. The number of nitrogens with zero attached hydrogens (tertiary/aromatic N) is 2. The van der Waals surface area contributed by atoms with Gasteiger partial charge in [0.1, 0.15) is 4.90 Å². The molecule has 8 nitrogen and oxygen atoms in total. The Morgan fingerprint density at radius 1 is 1.24 bits per heavy atom. The smallest absolute Gasteiger partial charge is 0.258 e. The number of non-ortho nitro benzene ring substituents is 1. The molecule has 0 spiro atoms. The van der Waals surface area contributed by atoms with Crippen molar-refractivity contribution in [2.75, 3.05) is 24.6 Å². The van der Waals surface area contributed by atoms with Crippen LogP contribution in [-0.2, 0) is 19.9 Å². The van der Waals surface area contributed by atoms with E-state index in [0.29, 0.717) is 0 Å². The van der Waals surface area contributed by atoms with Gasteiger partial charge in [-0.05, 0) is 6.07 Å². The molecule has 116 valence electrons. The lowest BCUT2D eigenvalue weighted by atomic mass is 10.3. The molecule has 11 heteroatoms. The summed E-state index contributed by atoms with van der Waals surface area (Å²) < 4.78 is 48.5. The summed E-state index contributed by atoms with van der Waals surface area (Å²) in [6.45, 7) is -0.382. The molecule has 0 saturated carbocycles. The molecule has 0 atom stereocenters. The van der Waals surface area contributed by atoms with Crippen molar-refractivity contribution in [3.05, 3.63) is 33.3 Å². The number of sulfone groups is 1. The normalized spacial score (nSPS) is 19.3. The van der Waals surface area contributed by atoms with Gasteiger partial charge in [0, 0.05) is 25.2 Å². The molecule has 0 radical (unpaired) electrons. The molecule has 0 bridgehead atoms. The Hall–Kier alpha value is -1.23. The average Bonchev–Trinajstić information content (AvgIpc) is 2.38. The van der Waals surface area contributed by atoms with Gasteiger partial charge in [0.15, 0.2) is 9.84 Å². The van der Waals surface area contributed by atoms with Gasteiger partial charge in [-0.3, -0.25) is 10.1 Å². The second-order valence-electron chi connectivity index (χ2n) is 4.43. The second-order valence-corrected chi connectivity index (χ2v) is 9.04. The third kappa shape index (κ3) is 3.34. The lowest BCUT2D eigenvalue weighted by Crippen LogP contribution is -2.43. The van der Waals surface area contributed by atoms with Gasteiger partial charge in [-0.1, -0.05) is 11.6 Å². The number of rotatable bonds is 3. The van der Waals surface area contributed by atoms with E-state index < -0.39 is 35.4 Å². The zero-order chi connectivity index (χ0) is 15.8. The van der Waals surface area contributed by atoms with Crippen molar-refractivity contribution < 1.29 is 21.8 Å². The molecule has 0 amide bonds. The van der Waals surface area contributed by atoms with E-state index in [1.165, 1.54) is 0 Å². The van der Waals surface area contributed by atoms with Gasteiger partial charge >= 0.3 is 0 Å². The Bertz CT molecular complexity index is 776. The van der Waals surface area contributed by atoms with Crippen molar-refractivity contribution in [3.8, 4) is 0 Å². The lowest BCUT2D eigenvalue weighted by Gasteiger charge is -2.26. The first-order chi connectivity index (χ1) is 9.63. The largest absolute Gasteiger partial charge is 0.270 e. The van der Waals surface area contributed by atoms with Gasteiger partial charge in [-0.2, -0.15) is 4.31 Å². The highest BCUT2D eigenvalue weighted by Gasteiger charge is 2.33. The zero-order valence-electron chi connectivity index (χ0n) is 10.6. The van der Waals surface area contributed by atoms with Gasteiger partial charge in [0.05, 0.1) is 21.5 Å². The molecule has 0 aliphatic carbocycles. The van der Waals surface area contributed by atoms with E-state index in [0.717, 1.165) is 22.5 Å². The fourth-order valence-corrected chi connectivity index (χ4v) is 5.25. The molecule has 1 heterocycles. The Balaban J connectivity index is 2.40. The van der Waals surface area contributed by atoms with Crippen LogP contribution in [0.5, 0.6) is 0 Å². The first kappa shape index (κ1) is 16.1. The van der Waals surface area contributed by atoms with Gasteiger partial charge in [-0.25, -0.2) is 16.8 Å². The minimum atomic E-state index is -4.07. The SMILES string of the molecule is O=[N+]([O-])c1ccc(Cl)c(S(=O)(=O)N2CCS(=O)(=O)CC2)c1. The third-order valence-electron chi connectivity index (χ3n) is 3.05. The second kappa shape index (κ2) is 5.52. The maximum Gasteiger partial charge on any atom is 0.270 e. The molecular weight excluding hydrogens is 344 g/mol. The Kier molecular flexibility index (Phi) is 4.24. The number of benzene rings is 1. The van der Waals surface area contributed by atoms with Crippen molar-refractivity contribution in [1.29, 1.82) is 0 Å². The molecule has 21 heavy (non-hydrogen) atoms. The quantitative estimate of drug-likeness (QED) is 0.582. The van der Waals surface area contributed by atoms with Gasteiger partial charge < -0.3 is 0 Å². The summed E-state index contributed by atoms with van der Waals surface area (Å²) in [5.74, 6) is -0.558. The van der Waals surface area contributed by atoms with E-state index in [2.05, 4.69) is 0 Å². The van der Waals surface area contributed by atoms with Crippen LogP contribution < -0.4 is 0 Å². The van der Waals surface area contributed by atoms with Gasteiger partial charge in [0.25, 0.3) is 5.69 Å². The van der Waals surface area contributed by atoms with Crippen LogP contribution in [0.3, 0.4) is 0 Å². The maximum atomic E-state index is 12.4. The number of nitro groups is 1. The molecule has 0 N–H and O–H groups in total. The number of hydrogen-bond donors (Lipinski definition) is 0. The van der Waals surface area contributed by atoms with Crippen LogP contribution in [0.4, 0.5) is 5.69 Å². The van der Waals surface area contributed by atoms with Crippen molar-refractivity contribution in [2.24, 2.45) is 0 Å². The highest BCUT2D eigenvalue weighted by Crippen LogP contribution is 2.29. The number of nitro benzene ring substituents is 1. The highest BCUT2D eigenvalue weighted by atomic mass is 35.5. The molecule has 1 saturated heterocycles. The third-order valence-corrected chi connectivity index (χ3v) is 7.04. The molecule has 1 aliphatic rings. The monoisotopic (exact) mass is 354 g/mol. The Morgan fingerprint density at radius 2 is 1.81 bits per heavy atom. The predicted molar refractivity (Wildman–Crippen MR) is 75.5 cm³/mol. The molecular formula is C10H11ClN2O6S2. The molecule has 1 aromatic carbocycles. The molecule has 1 aliphatic heterocycles. The van der Waals surface area contributed by atoms with Crippen molar-refractivity contribution in [1.82, 2.24) is 4.31 Å². The minimum Gasteiger partial charge on any atom is -0.258 e. The minimum absolute atomic E-state index is 0.144. The summed E-state index contributed by atoms with van der Waals surface area (Å²) in [6.07, 6.45) is 0. The van der Waals surface area contributed by atoms with Crippen LogP contribution >= 0.6 is 11.6 Å². The lowest BCUT2D eigenvalue weighted by molar-refractivity contribution is -0.385. The predicted octanol–water partition coefficient (Wildman–Crippen LogP) is 0.667. The Labute approximate surface area is 126 Å². The van der Waals surface area contributed by atoms with Gasteiger partial charge in [-0.15, -0.1) is 0 Å². The summed E-state index contributed by atoms with van der Waals surface area (Å²) in [6, 6.07) is 3.11. The summed E-state index contributed by atoms with van der Waals surface area (Å²) >= 11 is 5.81. The van der Waals surface area contributed by atoms with E-state index in [4.69, 9.17) is 11.6 Å². The molecule has 1 aromatic rings. The van der Waals surface area contributed by atoms with Crippen LogP contribution in [0, 0.1) is 10.1 Å². The maximum absolute atomic E-state index is 12.4. The number of sulfonamides is 1. The van der Waals surface area contributed by atoms with Crippen molar-refractivity contribution in [2.45, 2.75) is 4.90 Å². The molecule has 0 aromatic heterocycles. The van der Waals surface area contributed by atoms with Crippen molar-refractivity contribution >= 4 is 37.1 Å². The van der Waals surface area contributed by atoms with Crippen LogP contribution in [0.15, 0.2) is 23.1 Å². The standard InChI is InChI=1S/C10H11ClN2O6S2/c11-9-2-1-8(13(14)15)7-10(9)21(18,19)12-3-5-20(16,17)6-4-12/h1-2,7H,3-6H2. The van der Waals surface area contributed by atoms with E-state index in [-0.39, 0.29) is 29.6 Å². The topological polar surface area (TPSA) is 115 Å². The zero-order valence-corrected chi connectivity index (χ0v) is 13.0. The summed E-state index contributed by atoms with van der Waals surface area (Å²) in [4.78, 5) is 9.61. The summed E-state index contributed by atoms with van der Waals surface area (Å²) in [5, 5.41) is 10.6. The number of halogens is 1. The fraction of sp³-hybridized carbons (Fsp3) is 0.400. The molecule has 0 unspecified atom stereocenters. The summed E-state index contributed by atoms with van der Waals surface area (Å²) in [5.41, 5.74) is -0.400. The first-order valence-corrected chi connectivity index (χ1v) is 9.42.